The molecule has 0 unspecified atom stereocenters. The fourth-order valence-electron chi connectivity index (χ4n) is 4.98. The van der Waals surface area contributed by atoms with Gasteiger partial charge in [0, 0.05) is 18.1 Å². The molecule has 1 saturated heterocycles. The number of nitrogens with one attached hydrogen (secondary N) is 1. The van der Waals surface area contributed by atoms with Gasteiger partial charge >= 0.3 is 0 Å². The summed E-state index contributed by atoms with van der Waals surface area (Å²) in [7, 11) is 0. The number of allylic oxidation sites excluding steroid dienone is 1. The van der Waals surface area contributed by atoms with E-state index < -0.39 is 30.6 Å². The number of aromatic nitrogens is 1. The molecule has 5 atom stereocenters. The van der Waals surface area contributed by atoms with E-state index in [-0.39, 0.29) is 12.5 Å². The van der Waals surface area contributed by atoms with Crippen LogP contribution in [0.15, 0.2) is 60.8 Å². The highest BCUT2D eigenvalue weighted by molar-refractivity contribution is 6.35. The number of carbonyl (C=O) groups excluding carboxylic acids is 1. The summed E-state index contributed by atoms with van der Waals surface area (Å²) < 4.78 is 7.84. The minimum atomic E-state index is -1.46. The average Bonchev–Trinajstić information content (AvgIpc) is 3.65. The van der Waals surface area contributed by atoms with Crippen molar-refractivity contribution < 1.29 is 24.9 Å². The normalized spacial score (nSPS) is 26.5. The van der Waals surface area contributed by atoms with Crippen molar-refractivity contribution in [3.63, 3.8) is 0 Å². The molecule has 2 fully saturated rings. The Bertz CT molecular complexity index is 1270. The Labute approximate surface area is 215 Å². The third-order valence-corrected chi connectivity index (χ3v) is 7.38. The van der Waals surface area contributed by atoms with Gasteiger partial charge in [-0.15, -0.1) is 0 Å². The summed E-state index contributed by atoms with van der Waals surface area (Å²) in [4.78, 5) is 11.9. The first-order valence-electron chi connectivity index (χ1n) is 12.3. The fourth-order valence-corrected chi connectivity index (χ4v) is 5.27. The average molecular weight is 511 g/mol. The van der Waals surface area contributed by atoms with Gasteiger partial charge in [0.25, 0.3) is 0 Å². The number of amides is 1. The maximum Gasteiger partial charge on any atom is 0.243 e. The first kappa shape index (κ1) is 25.0. The van der Waals surface area contributed by atoms with Gasteiger partial charge in [-0.3, -0.25) is 4.79 Å². The van der Waals surface area contributed by atoms with Gasteiger partial charge in [-0.2, -0.15) is 0 Å². The van der Waals surface area contributed by atoms with Crippen LogP contribution >= 0.6 is 11.6 Å². The van der Waals surface area contributed by atoms with E-state index in [4.69, 9.17) is 16.3 Å². The Morgan fingerprint density at radius 3 is 2.56 bits per heavy atom. The largest absolute Gasteiger partial charge is 0.388 e. The second-order valence-corrected chi connectivity index (χ2v) is 10.1. The van der Waals surface area contributed by atoms with Crippen molar-refractivity contribution in [3.05, 3.63) is 82.5 Å². The maximum absolute atomic E-state index is 11.9. The number of hydrogen-bond donors (Lipinski definition) is 4. The van der Waals surface area contributed by atoms with Crippen LogP contribution in [0.3, 0.4) is 0 Å². The number of aliphatic hydroxyl groups excluding tert-OH is 3. The molecule has 0 bridgehead atoms. The molecule has 1 saturated carbocycles. The lowest BCUT2D eigenvalue weighted by atomic mass is 9.97. The molecule has 1 aromatic heterocycles. The monoisotopic (exact) mass is 510 g/mol. The van der Waals surface area contributed by atoms with E-state index in [1.54, 1.807) is 17.6 Å². The summed E-state index contributed by atoms with van der Waals surface area (Å²) in [5, 5.41) is 36.1. The smallest absolute Gasteiger partial charge is 0.243 e. The van der Waals surface area contributed by atoms with E-state index in [2.05, 4.69) is 29.6 Å². The number of aliphatic hydroxyl groups is 3. The number of benzene rings is 2. The van der Waals surface area contributed by atoms with Crippen molar-refractivity contribution in [3.8, 4) is 0 Å². The number of fused-ring (bicyclic) bond motifs is 1. The summed E-state index contributed by atoms with van der Waals surface area (Å²) in [6, 6.07) is 14.2. The van der Waals surface area contributed by atoms with Crippen LogP contribution in [-0.4, -0.2) is 56.8 Å². The van der Waals surface area contributed by atoms with Crippen LogP contribution in [0.2, 0.25) is 5.02 Å². The molecule has 1 aliphatic heterocycles. The molecule has 0 spiro atoms. The lowest BCUT2D eigenvalue weighted by molar-refractivity contribution is -0.242. The summed E-state index contributed by atoms with van der Waals surface area (Å²) in [5.41, 5.74) is 4.22. The lowest BCUT2D eigenvalue weighted by Gasteiger charge is -2.41. The first-order chi connectivity index (χ1) is 17.4. The predicted octanol–water partition coefficient (Wildman–Crippen LogP) is 3.44. The highest BCUT2D eigenvalue weighted by Crippen LogP contribution is 2.40. The van der Waals surface area contributed by atoms with Crippen molar-refractivity contribution in [1.29, 1.82) is 0 Å². The van der Waals surface area contributed by atoms with E-state index in [1.165, 1.54) is 24.5 Å². The van der Waals surface area contributed by atoms with E-state index in [9.17, 15) is 20.1 Å². The molecule has 36 heavy (non-hydrogen) atoms. The zero-order chi connectivity index (χ0) is 25.4. The number of hydrogen-bond acceptors (Lipinski definition) is 5. The summed E-state index contributed by atoms with van der Waals surface area (Å²) in [5.74, 6) is 0.358. The van der Waals surface area contributed by atoms with Crippen LogP contribution < -0.4 is 5.32 Å². The number of rotatable bonds is 7. The van der Waals surface area contributed by atoms with Crippen molar-refractivity contribution in [2.45, 2.75) is 62.7 Å². The molecule has 2 aromatic carbocycles. The highest BCUT2D eigenvalue weighted by atomic mass is 35.5. The van der Waals surface area contributed by atoms with Crippen LogP contribution in [0.1, 0.15) is 48.6 Å². The quantitative estimate of drug-likeness (QED) is 0.365. The molecule has 3 aromatic rings. The third-order valence-electron chi connectivity index (χ3n) is 7.07. The maximum atomic E-state index is 11.9. The van der Waals surface area contributed by atoms with Gasteiger partial charge in [0.1, 0.15) is 24.4 Å². The van der Waals surface area contributed by atoms with Gasteiger partial charge in [0.15, 0.2) is 6.23 Å². The molecule has 4 N–H and O–H groups in total. The van der Waals surface area contributed by atoms with Crippen LogP contribution in [0.25, 0.3) is 10.9 Å². The molecule has 2 heterocycles. The number of ether oxygens (including phenoxy) is 1. The number of halogens is 1. The molecule has 0 radical (unpaired) electrons. The van der Waals surface area contributed by atoms with Crippen LogP contribution in [-0.2, 0) is 16.0 Å². The van der Waals surface area contributed by atoms with Crippen molar-refractivity contribution in [1.82, 2.24) is 9.88 Å². The Kier molecular flexibility index (Phi) is 7.19. The Morgan fingerprint density at radius 2 is 1.86 bits per heavy atom. The van der Waals surface area contributed by atoms with Crippen LogP contribution in [0, 0.1) is 0 Å². The zero-order valence-corrected chi connectivity index (χ0v) is 20.8. The molecule has 8 heteroatoms. The minimum absolute atomic E-state index is 0.0230. The van der Waals surface area contributed by atoms with E-state index in [0.717, 1.165) is 22.0 Å². The van der Waals surface area contributed by atoms with Crippen molar-refractivity contribution in [2.24, 2.45) is 0 Å². The topological polar surface area (TPSA) is 104 Å². The lowest BCUT2D eigenvalue weighted by Crippen LogP contribution is -2.58. The fraction of sp³-hybridized carbons (Fsp3) is 0.393. The molecule has 2 aliphatic rings. The standard InChI is InChI=1S/C28H31ClN2O5/c1-2-4-23(32)30-14-22-25(33)26(34)27(35)28(36-22)31-15-19(24-20(29)5-3-6-21(24)31)13-16-7-9-17(10-8-16)18-11-12-18/h2-10,15,18,22,25-28,33-35H,11-14H2,1H3,(H,30,32)/t22-,25-,26+,27-,28-/m1/s1. The Morgan fingerprint density at radius 1 is 1.11 bits per heavy atom. The molecular formula is C28H31ClN2O5. The molecule has 190 valence electrons. The third kappa shape index (κ3) is 4.94. The van der Waals surface area contributed by atoms with Gasteiger partial charge in [-0.25, -0.2) is 0 Å². The van der Waals surface area contributed by atoms with Crippen LogP contribution in [0.4, 0.5) is 0 Å². The molecule has 1 amide bonds. The van der Waals surface area contributed by atoms with Crippen molar-refractivity contribution >= 4 is 28.4 Å². The Hall–Kier alpha value is -2.68. The summed E-state index contributed by atoms with van der Waals surface area (Å²) in [6.45, 7) is 1.70. The molecule has 1 aliphatic carbocycles. The van der Waals surface area contributed by atoms with E-state index in [0.29, 0.717) is 17.4 Å². The minimum Gasteiger partial charge on any atom is -0.388 e. The van der Waals surface area contributed by atoms with Gasteiger partial charge in [0.2, 0.25) is 5.91 Å². The molecular weight excluding hydrogens is 480 g/mol. The molecule has 5 rings (SSSR count). The number of nitrogens with zero attached hydrogens (tertiary/aromatic N) is 1. The van der Waals surface area contributed by atoms with E-state index >= 15 is 0 Å². The predicted molar refractivity (Wildman–Crippen MR) is 138 cm³/mol. The van der Waals surface area contributed by atoms with Crippen LogP contribution in [0.5, 0.6) is 0 Å². The number of carbonyl (C=O) groups is 1. The molecule has 7 nitrogen and oxygen atoms in total. The Balaban J connectivity index is 1.45. The second-order valence-electron chi connectivity index (χ2n) is 9.67. The summed E-state index contributed by atoms with van der Waals surface area (Å²) in [6.07, 6.45) is 1.89. The zero-order valence-electron chi connectivity index (χ0n) is 20.0. The SMILES string of the molecule is CC=CC(=O)NC[C@H]1O[C@@H](n2cc(Cc3ccc(C4CC4)cc3)c3c(Cl)cccc32)[C@H](O)[C@@H](O)[C@@H]1O. The van der Waals surface area contributed by atoms with Gasteiger partial charge in [-0.05, 0) is 67.0 Å². The highest BCUT2D eigenvalue weighted by Gasteiger charge is 2.45. The summed E-state index contributed by atoms with van der Waals surface area (Å²) >= 11 is 6.63. The second kappa shape index (κ2) is 10.4. The van der Waals surface area contributed by atoms with Crippen molar-refractivity contribution in [2.75, 3.05) is 6.54 Å². The van der Waals surface area contributed by atoms with Gasteiger partial charge in [-0.1, -0.05) is 48.0 Å². The first-order valence-corrected chi connectivity index (χ1v) is 12.7. The van der Waals surface area contributed by atoms with Gasteiger partial charge in [0.05, 0.1) is 10.5 Å². The van der Waals surface area contributed by atoms with Gasteiger partial charge < -0.3 is 29.9 Å². The van der Waals surface area contributed by atoms with E-state index in [1.807, 2.05) is 24.4 Å².